The van der Waals surface area contributed by atoms with Gasteiger partial charge in [-0.05, 0) is 30.3 Å². The topological polar surface area (TPSA) is 80.3 Å². The Balaban J connectivity index is 1.68. The number of carbonyl (C=O) groups is 2. The number of ether oxygens (including phenoxy) is 1. The molecule has 2 N–H and O–H groups in total. The molecular formula is C21H18FN3O3. The number of anilines is 1. The molecule has 28 heavy (non-hydrogen) atoms. The molecule has 0 fully saturated rings. The van der Waals surface area contributed by atoms with Crippen LogP contribution in [0.1, 0.15) is 26.4 Å². The van der Waals surface area contributed by atoms with E-state index in [9.17, 15) is 14.0 Å². The van der Waals surface area contributed by atoms with E-state index in [1.165, 1.54) is 31.5 Å². The van der Waals surface area contributed by atoms with Crippen LogP contribution in [0.25, 0.3) is 0 Å². The number of halogens is 1. The third-order valence-corrected chi connectivity index (χ3v) is 3.98. The Morgan fingerprint density at radius 1 is 1.04 bits per heavy atom. The van der Waals surface area contributed by atoms with Crippen molar-refractivity contribution in [3.8, 4) is 5.75 Å². The van der Waals surface area contributed by atoms with Crippen molar-refractivity contribution < 1.29 is 18.7 Å². The highest BCUT2D eigenvalue weighted by molar-refractivity contribution is 6.05. The van der Waals surface area contributed by atoms with E-state index in [1.807, 2.05) is 0 Å². The van der Waals surface area contributed by atoms with Gasteiger partial charge in [-0.1, -0.05) is 24.3 Å². The summed E-state index contributed by atoms with van der Waals surface area (Å²) in [6, 6.07) is 16.0. The van der Waals surface area contributed by atoms with Gasteiger partial charge in [0.15, 0.2) is 0 Å². The number of hydrogen-bond acceptors (Lipinski definition) is 4. The molecule has 0 atom stereocenters. The van der Waals surface area contributed by atoms with Crippen LogP contribution in [-0.4, -0.2) is 23.9 Å². The lowest BCUT2D eigenvalue weighted by Crippen LogP contribution is -2.25. The van der Waals surface area contributed by atoms with Crippen molar-refractivity contribution in [2.24, 2.45) is 0 Å². The molecular weight excluding hydrogens is 361 g/mol. The zero-order valence-corrected chi connectivity index (χ0v) is 15.1. The lowest BCUT2D eigenvalue weighted by atomic mass is 10.2. The molecule has 0 bridgehead atoms. The van der Waals surface area contributed by atoms with E-state index in [2.05, 4.69) is 15.6 Å². The fourth-order valence-corrected chi connectivity index (χ4v) is 2.51. The molecule has 0 spiro atoms. The molecule has 3 rings (SSSR count). The molecule has 0 aliphatic heterocycles. The quantitative estimate of drug-likeness (QED) is 0.688. The lowest BCUT2D eigenvalue weighted by molar-refractivity contribution is 0.0945. The highest BCUT2D eigenvalue weighted by Gasteiger charge is 2.13. The molecule has 2 amide bonds. The van der Waals surface area contributed by atoms with Crippen LogP contribution in [-0.2, 0) is 6.54 Å². The van der Waals surface area contributed by atoms with Gasteiger partial charge in [-0.15, -0.1) is 0 Å². The van der Waals surface area contributed by atoms with Crippen LogP contribution in [0.3, 0.4) is 0 Å². The predicted octanol–water partition coefficient (Wildman–Crippen LogP) is 3.41. The largest absolute Gasteiger partial charge is 0.497 e. The monoisotopic (exact) mass is 379 g/mol. The Kier molecular flexibility index (Phi) is 5.96. The minimum Gasteiger partial charge on any atom is -0.497 e. The molecule has 0 radical (unpaired) electrons. The highest BCUT2D eigenvalue weighted by Crippen LogP contribution is 2.17. The van der Waals surface area contributed by atoms with E-state index in [4.69, 9.17) is 4.74 Å². The lowest BCUT2D eigenvalue weighted by Gasteiger charge is -2.09. The Bertz CT molecular complexity index is 1010. The number of benzene rings is 2. The standard InChI is InChI=1S/C21H18FN3O3/c1-28-17-7-4-6-16(12-17)25-20(26)14-9-10-23-19(11-14)21(27)24-13-15-5-2-3-8-18(15)22/h2-12H,13H2,1H3,(H,24,27)(H,25,26). The maximum Gasteiger partial charge on any atom is 0.270 e. The SMILES string of the molecule is COc1cccc(NC(=O)c2ccnc(C(=O)NCc3ccccc3F)c2)c1. The van der Waals surface area contributed by atoms with Crippen LogP contribution in [0.2, 0.25) is 0 Å². The van der Waals surface area contributed by atoms with E-state index in [-0.39, 0.29) is 23.7 Å². The molecule has 7 heteroatoms. The Labute approximate surface area is 161 Å². The molecule has 2 aromatic carbocycles. The smallest absolute Gasteiger partial charge is 0.270 e. The highest BCUT2D eigenvalue weighted by atomic mass is 19.1. The third kappa shape index (κ3) is 4.70. The fraction of sp³-hybridized carbons (Fsp3) is 0.0952. The zero-order chi connectivity index (χ0) is 19.9. The van der Waals surface area contributed by atoms with E-state index in [1.54, 1.807) is 42.5 Å². The first-order valence-corrected chi connectivity index (χ1v) is 8.50. The first-order valence-electron chi connectivity index (χ1n) is 8.50. The fourth-order valence-electron chi connectivity index (χ4n) is 2.51. The number of amides is 2. The van der Waals surface area contributed by atoms with Gasteiger partial charge in [-0.3, -0.25) is 14.6 Å². The third-order valence-electron chi connectivity index (χ3n) is 3.98. The number of carbonyl (C=O) groups excluding carboxylic acids is 2. The Hall–Kier alpha value is -3.74. The minimum atomic E-state index is -0.501. The average Bonchev–Trinajstić information content (AvgIpc) is 2.73. The van der Waals surface area contributed by atoms with Gasteiger partial charge in [0.2, 0.25) is 0 Å². The molecule has 6 nitrogen and oxygen atoms in total. The first-order chi connectivity index (χ1) is 13.6. The van der Waals surface area contributed by atoms with Crippen molar-refractivity contribution in [2.45, 2.75) is 6.54 Å². The van der Waals surface area contributed by atoms with E-state index < -0.39 is 11.7 Å². The maximum atomic E-state index is 13.6. The van der Waals surface area contributed by atoms with Crippen molar-refractivity contribution in [1.82, 2.24) is 10.3 Å². The molecule has 0 aliphatic carbocycles. The number of nitrogens with zero attached hydrogens (tertiary/aromatic N) is 1. The number of aromatic nitrogens is 1. The second-order valence-electron chi connectivity index (χ2n) is 5.89. The summed E-state index contributed by atoms with van der Waals surface area (Å²) in [5.41, 5.74) is 1.26. The summed E-state index contributed by atoms with van der Waals surface area (Å²) in [6.07, 6.45) is 1.37. The molecule has 0 aliphatic rings. The number of methoxy groups -OCH3 is 1. The summed E-state index contributed by atoms with van der Waals surface area (Å²) in [7, 11) is 1.54. The number of nitrogens with one attached hydrogen (secondary N) is 2. The summed E-state index contributed by atoms with van der Waals surface area (Å²) < 4.78 is 18.8. The summed E-state index contributed by atoms with van der Waals surface area (Å²) >= 11 is 0. The molecule has 1 aromatic heterocycles. The van der Waals surface area contributed by atoms with Gasteiger partial charge in [0.25, 0.3) is 11.8 Å². The van der Waals surface area contributed by atoms with Crippen LogP contribution < -0.4 is 15.4 Å². The van der Waals surface area contributed by atoms with E-state index >= 15 is 0 Å². The second-order valence-corrected chi connectivity index (χ2v) is 5.89. The normalized spacial score (nSPS) is 10.2. The van der Waals surface area contributed by atoms with Crippen molar-refractivity contribution in [1.29, 1.82) is 0 Å². The van der Waals surface area contributed by atoms with Gasteiger partial charge in [0, 0.05) is 35.6 Å². The molecule has 1 heterocycles. The Morgan fingerprint density at radius 2 is 1.86 bits per heavy atom. The minimum absolute atomic E-state index is 0.0213. The van der Waals surface area contributed by atoms with Crippen molar-refractivity contribution >= 4 is 17.5 Å². The van der Waals surface area contributed by atoms with Crippen LogP contribution >= 0.6 is 0 Å². The molecule has 0 unspecified atom stereocenters. The summed E-state index contributed by atoms with van der Waals surface area (Å²) in [4.78, 5) is 28.7. The number of rotatable bonds is 6. The summed E-state index contributed by atoms with van der Waals surface area (Å²) in [5, 5.41) is 5.33. The van der Waals surface area contributed by atoms with Crippen LogP contribution in [0.4, 0.5) is 10.1 Å². The van der Waals surface area contributed by atoms with E-state index in [0.29, 0.717) is 17.0 Å². The Morgan fingerprint density at radius 3 is 2.64 bits per heavy atom. The summed E-state index contributed by atoms with van der Waals surface area (Å²) in [6.45, 7) is 0.0213. The molecule has 0 saturated heterocycles. The van der Waals surface area contributed by atoms with Crippen molar-refractivity contribution in [3.63, 3.8) is 0 Å². The van der Waals surface area contributed by atoms with Crippen molar-refractivity contribution in [2.75, 3.05) is 12.4 Å². The van der Waals surface area contributed by atoms with Crippen LogP contribution in [0.5, 0.6) is 5.75 Å². The van der Waals surface area contributed by atoms with Gasteiger partial charge in [-0.25, -0.2) is 4.39 Å². The van der Waals surface area contributed by atoms with Gasteiger partial charge in [-0.2, -0.15) is 0 Å². The molecule has 3 aromatic rings. The van der Waals surface area contributed by atoms with Crippen LogP contribution in [0, 0.1) is 5.82 Å². The van der Waals surface area contributed by atoms with E-state index in [0.717, 1.165) is 0 Å². The van der Waals surface area contributed by atoms with Gasteiger partial charge >= 0.3 is 0 Å². The zero-order valence-electron chi connectivity index (χ0n) is 15.1. The van der Waals surface area contributed by atoms with Crippen LogP contribution in [0.15, 0.2) is 66.9 Å². The van der Waals surface area contributed by atoms with Gasteiger partial charge < -0.3 is 15.4 Å². The molecule has 0 saturated carbocycles. The first kappa shape index (κ1) is 19.0. The van der Waals surface area contributed by atoms with Crippen molar-refractivity contribution in [3.05, 3.63) is 89.5 Å². The predicted molar refractivity (Wildman–Crippen MR) is 103 cm³/mol. The number of pyridine rings is 1. The number of hydrogen-bond donors (Lipinski definition) is 2. The molecule has 142 valence electrons. The maximum absolute atomic E-state index is 13.6. The van der Waals surface area contributed by atoms with Gasteiger partial charge in [0.05, 0.1) is 7.11 Å². The second kappa shape index (κ2) is 8.77. The van der Waals surface area contributed by atoms with Gasteiger partial charge in [0.1, 0.15) is 17.3 Å². The average molecular weight is 379 g/mol. The summed E-state index contributed by atoms with van der Waals surface area (Å²) in [5.74, 6) is -0.680.